The maximum atomic E-state index is 12.2. The van der Waals surface area contributed by atoms with Gasteiger partial charge in [0.05, 0.1) is 5.56 Å². The van der Waals surface area contributed by atoms with Crippen LogP contribution in [-0.4, -0.2) is 12.1 Å². The van der Waals surface area contributed by atoms with Gasteiger partial charge in [-0.25, -0.2) is 4.79 Å². The average molecular weight is 379 g/mol. The lowest BCUT2D eigenvalue weighted by molar-refractivity contribution is 0.00193. The third-order valence-electron chi connectivity index (χ3n) is 4.78. The number of carbonyl (C=O) groups is 1. The highest BCUT2D eigenvalue weighted by Crippen LogP contribution is 2.43. The molecule has 0 aromatic heterocycles. The smallest absolute Gasteiger partial charge is 0.338 e. The molecule has 27 heavy (non-hydrogen) atoms. The number of esters is 1. The van der Waals surface area contributed by atoms with Gasteiger partial charge in [-0.3, -0.25) is 0 Å². The lowest BCUT2D eigenvalue weighted by Crippen LogP contribution is -2.32. The van der Waals surface area contributed by atoms with Gasteiger partial charge < -0.3 is 9.47 Å². The molecule has 1 aliphatic rings. The summed E-state index contributed by atoms with van der Waals surface area (Å²) < 4.78 is 11.6. The number of benzene rings is 3. The molecule has 3 nitrogen and oxygen atoms in total. The lowest BCUT2D eigenvalue weighted by atomic mass is 9.77. The van der Waals surface area contributed by atoms with E-state index in [1.807, 2.05) is 60.7 Å². The topological polar surface area (TPSA) is 35.5 Å². The van der Waals surface area contributed by atoms with Crippen LogP contribution in [-0.2, 0) is 4.74 Å². The van der Waals surface area contributed by atoms with E-state index < -0.39 is 0 Å². The van der Waals surface area contributed by atoms with E-state index in [0.717, 1.165) is 29.9 Å². The van der Waals surface area contributed by atoms with Crippen LogP contribution in [0.1, 0.15) is 34.7 Å². The van der Waals surface area contributed by atoms with E-state index in [1.165, 1.54) is 0 Å². The summed E-state index contributed by atoms with van der Waals surface area (Å²) in [6, 6.07) is 24.4. The fourth-order valence-corrected chi connectivity index (χ4v) is 3.38. The second-order valence-corrected chi connectivity index (χ2v) is 7.09. The second-order valence-electron chi connectivity index (χ2n) is 6.66. The predicted octanol–water partition coefficient (Wildman–Crippen LogP) is 6.24. The Hall–Kier alpha value is -2.78. The zero-order valence-corrected chi connectivity index (χ0v) is 15.4. The van der Waals surface area contributed by atoms with Crippen molar-refractivity contribution in [2.45, 2.75) is 24.9 Å². The number of hydrogen-bond donors (Lipinski definition) is 0. The molecule has 3 aromatic rings. The second kappa shape index (κ2) is 7.85. The van der Waals surface area contributed by atoms with Crippen LogP contribution >= 0.6 is 11.6 Å². The molecule has 3 aromatic carbocycles. The zero-order valence-electron chi connectivity index (χ0n) is 14.7. The Kier molecular flexibility index (Phi) is 5.12. The fourth-order valence-electron chi connectivity index (χ4n) is 3.25. The summed E-state index contributed by atoms with van der Waals surface area (Å²) in [6.45, 7) is 0. The summed E-state index contributed by atoms with van der Waals surface area (Å²) in [6.07, 6.45) is 1.56. The highest BCUT2D eigenvalue weighted by molar-refractivity contribution is 6.30. The van der Waals surface area contributed by atoms with E-state index in [1.54, 1.807) is 12.1 Å². The normalized spacial score (nSPS) is 18.4. The Bertz CT molecular complexity index is 916. The predicted molar refractivity (Wildman–Crippen MR) is 106 cm³/mol. The fraction of sp³-hybridized carbons (Fsp3) is 0.174. The van der Waals surface area contributed by atoms with Gasteiger partial charge >= 0.3 is 5.97 Å². The molecule has 0 radical (unpaired) electrons. The Balaban J connectivity index is 1.39. The van der Waals surface area contributed by atoms with Crippen LogP contribution in [0.2, 0.25) is 5.02 Å². The first-order valence-electron chi connectivity index (χ1n) is 8.97. The van der Waals surface area contributed by atoms with Gasteiger partial charge in [-0.2, -0.15) is 0 Å². The monoisotopic (exact) mass is 378 g/mol. The lowest BCUT2D eigenvalue weighted by Gasteiger charge is -2.35. The summed E-state index contributed by atoms with van der Waals surface area (Å²) in [7, 11) is 0. The number of rotatable bonds is 5. The minimum absolute atomic E-state index is 0.0497. The van der Waals surface area contributed by atoms with Crippen LogP contribution in [0.4, 0.5) is 0 Å². The molecule has 0 amide bonds. The molecule has 0 heterocycles. The SMILES string of the molecule is O=C(OC1CC(c2ccccc2Oc2ccc(Cl)cc2)C1)c1ccccc1. The van der Waals surface area contributed by atoms with Gasteiger partial charge in [-0.05, 0) is 66.8 Å². The minimum atomic E-state index is -0.259. The summed E-state index contributed by atoms with van der Waals surface area (Å²) in [5.41, 5.74) is 1.73. The van der Waals surface area contributed by atoms with E-state index >= 15 is 0 Å². The summed E-state index contributed by atoms with van der Waals surface area (Å²) in [4.78, 5) is 12.2. The van der Waals surface area contributed by atoms with Crippen LogP contribution < -0.4 is 4.74 Å². The van der Waals surface area contributed by atoms with Gasteiger partial charge in [0.25, 0.3) is 0 Å². The molecule has 0 atom stereocenters. The molecule has 1 saturated carbocycles. The first-order valence-corrected chi connectivity index (χ1v) is 9.35. The first-order chi connectivity index (χ1) is 13.2. The summed E-state index contributed by atoms with van der Waals surface area (Å²) >= 11 is 5.93. The maximum absolute atomic E-state index is 12.2. The molecule has 0 saturated heterocycles. The third kappa shape index (κ3) is 4.15. The van der Waals surface area contributed by atoms with Gasteiger partial charge in [0, 0.05) is 5.02 Å². The van der Waals surface area contributed by atoms with Gasteiger partial charge in [-0.15, -0.1) is 0 Å². The molecule has 0 N–H and O–H groups in total. The van der Waals surface area contributed by atoms with Crippen molar-refractivity contribution < 1.29 is 14.3 Å². The van der Waals surface area contributed by atoms with E-state index in [-0.39, 0.29) is 12.1 Å². The Morgan fingerprint density at radius 3 is 2.26 bits per heavy atom. The molecule has 0 bridgehead atoms. The number of ether oxygens (including phenoxy) is 2. The van der Waals surface area contributed by atoms with E-state index in [2.05, 4.69) is 6.07 Å². The minimum Gasteiger partial charge on any atom is -0.459 e. The van der Waals surface area contributed by atoms with Gasteiger partial charge in [0.1, 0.15) is 17.6 Å². The Morgan fingerprint density at radius 2 is 1.52 bits per heavy atom. The zero-order chi connectivity index (χ0) is 18.6. The molecule has 1 fully saturated rings. The van der Waals surface area contributed by atoms with Crippen molar-refractivity contribution in [3.63, 3.8) is 0 Å². The molecule has 4 heteroatoms. The average Bonchev–Trinajstić information content (AvgIpc) is 2.67. The highest BCUT2D eigenvalue weighted by atomic mass is 35.5. The molecular formula is C23H19ClO3. The molecular weight excluding hydrogens is 360 g/mol. The van der Waals surface area contributed by atoms with Crippen molar-refractivity contribution in [2.75, 3.05) is 0 Å². The first kappa shape index (κ1) is 17.6. The largest absolute Gasteiger partial charge is 0.459 e. The number of para-hydroxylation sites is 1. The highest BCUT2D eigenvalue weighted by Gasteiger charge is 2.35. The van der Waals surface area contributed by atoms with Crippen molar-refractivity contribution >= 4 is 17.6 Å². The molecule has 0 unspecified atom stereocenters. The standard InChI is InChI=1S/C23H19ClO3/c24-18-10-12-19(13-11-18)26-22-9-5-4-8-21(22)17-14-20(15-17)27-23(25)16-6-2-1-3-7-16/h1-13,17,20H,14-15H2. The quantitative estimate of drug-likeness (QED) is 0.493. The maximum Gasteiger partial charge on any atom is 0.338 e. The van der Waals surface area contributed by atoms with Crippen molar-refractivity contribution in [1.82, 2.24) is 0 Å². The molecule has 0 aliphatic heterocycles. The third-order valence-corrected chi connectivity index (χ3v) is 5.03. The van der Waals surface area contributed by atoms with Crippen LogP contribution in [0, 0.1) is 0 Å². The van der Waals surface area contributed by atoms with Crippen molar-refractivity contribution in [3.05, 3.63) is 95.0 Å². The van der Waals surface area contributed by atoms with E-state index in [0.29, 0.717) is 16.5 Å². The van der Waals surface area contributed by atoms with E-state index in [9.17, 15) is 4.79 Å². The number of hydrogen-bond acceptors (Lipinski definition) is 3. The van der Waals surface area contributed by atoms with E-state index in [4.69, 9.17) is 21.1 Å². The molecule has 136 valence electrons. The van der Waals surface area contributed by atoms with Gasteiger partial charge in [0.15, 0.2) is 0 Å². The Labute approximate surface area is 163 Å². The summed E-state index contributed by atoms with van der Waals surface area (Å²) in [5.74, 6) is 1.64. The molecule has 0 spiro atoms. The van der Waals surface area contributed by atoms with Gasteiger partial charge in [-0.1, -0.05) is 48.0 Å². The van der Waals surface area contributed by atoms with Crippen LogP contribution in [0.5, 0.6) is 11.5 Å². The molecule has 4 rings (SSSR count). The molecule has 1 aliphatic carbocycles. The van der Waals surface area contributed by atoms with Crippen molar-refractivity contribution in [1.29, 1.82) is 0 Å². The van der Waals surface area contributed by atoms with Gasteiger partial charge in [0.2, 0.25) is 0 Å². The van der Waals surface area contributed by atoms with Crippen LogP contribution in [0.25, 0.3) is 0 Å². The number of halogens is 1. The van der Waals surface area contributed by atoms with Crippen molar-refractivity contribution in [3.8, 4) is 11.5 Å². The van der Waals surface area contributed by atoms with Crippen LogP contribution in [0.15, 0.2) is 78.9 Å². The number of carbonyl (C=O) groups excluding carboxylic acids is 1. The Morgan fingerprint density at radius 1 is 0.852 bits per heavy atom. The summed E-state index contributed by atoms with van der Waals surface area (Å²) in [5, 5.41) is 0.678. The van der Waals surface area contributed by atoms with Crippen LogP contribution in [0.3, 0.4) is 0 Å². The van der Waals surface area contributed by atoms with Crippen molar-refractivity contribution in [2.24, 2.45) is 0 Å².